The zero-order valence-corrected chi connectivity index (χ0v) is 15.0. The summed E-state index contributed by atoms with van der Waals surface area (Å²) < 4.78 is 5.69. The van der Waals surface area contributed by atoms with Gasteiger partial charge in [-0.3, -0.25) is 9.59 Å². The summed E-state index contributed by atoms with van der Waals surface area (Å²) in [6.07, 6.45) is -0.683. The standard InChI is InChI=1S/C20H24N2O3/c1-13(25-17-10-8-15(9-11-17)20(2,3)4)19(24)22-16-7-5-6-14(12-16)18(21)23/h5-13H,1-4H3,(H2,21,23)(H,22,24)/t13-/m1/s1. The van der Waals surface area contributed by atoms with Gasteiger partial charge in [0.2, 0.25) is 5.91 Å². The SMILES string of the molecule is C[C@@H](Oc1ccc(C(C)(C)C)cc1)C(=O)Nc1cccc(C(N)=O)c1. The van der Waals surface area contributed by atoms with Crippen LogP contribution in [-0.2, 0) is 10.2 Å². The molecule has 2 aromatic rings. The molecule has 0 radical (unpaired) electrons. The normalized spacial score (nSPS) is 12.3. The van der Waals surface area contributed by atoms with Crippen LogP contribution in [0.5, 0.6) is 5.75 Å². The van der Waals surface area contributed by atoms with Crippen LogP contribution < -0.4 is 15.8 Å². The molecule has 2 amide bonds. The molecule has 3 N–H and O–H groups in total. The number of carbonyl (C=O) groups excluding carboxylic acids is 2. The number of amides is 2. The molecule has 0 aliphatic rings. The highest BCUT2D eigenvalue weighted by molar-refractivity contribution is 5.97. The number of hydrogen-bond donors (Lipinski definition) is 2. The summed E-state index contributed by atoms with van der Waals surface area (Å²) in [5.41, 5.74) is 7.34. The van der Waals surface area contributed by atoms with Crippen LogP contribution in [0, 0.1) is 0 Å². The Labute approximate surface area is 148 Å². The summed E-state index contributed by atoms with van der Waals surface area (Å²) >= 11 is 0. The predicted molar refractivity (Wildman–Crippen MR) is 98.8 cm³/mol. The number of ether oxygens (including phenoxy) is 1. The maximum atomic E-state index is 12.3. The van der Waals surface area contributed by atoms with Crippen molar-refractivity contribution in [2.75, 3.05) is 5.32 Å². The molecule has 25 heavy (non-hydrogen) atoms. The number of carbonyl (C=O) groups is 2. The van der Waals surface area contributed by atoms with Crippen molar-refractivity contribution in [1.82, 2.24) is 0 Å². The Hall–Kier alpha value is -2.82. The van der Waals surface area contributed by atoms with Crippen LogP contribution in [0.4, 0.5) is 5.69 Å². The Morgan fingerprint density at radius 2 is 1.72 bits per heavy atom. The van der Waals surface area contributed by atoms with E-state index in [0.29, 0.717) is 17.0 Å². The minimum absolute atomic E-state index is 0.0625. The van der Waals surface area contributed by atoms with Crippen molar-refractivity contribution in [2.24, 2.45) is 5.73 Å². The van der Waals surface area contributed by atoms with Gasteiger partial charge in [0, 0.05) is 11.3 Å². The van der Waals surface area contributed by atoms with Crippen molar-refractivity contribution in [1.29, 1.82) is 0 Å². The van der Waals surface area contributed by atoms with E-state index in [2.05, 4.69) is 26.1 Å². The number of primary amides is 1. The quantitative estimate of drug-likeness (QED) is 0.874. The lowest BCUT2D eigenvalue weighted by molar-refractivity contribution is -0.122. The van der Waals surface area contributed by atoms with Gasteiger partial charge >= 0.3 is 0 Å². The molecule has 0 saturated heterocycles. The summed E-state index contributed by atoms with van der Waals surface area (Å²) in [5.74, 6) is -0.220. The fraction of sp³-hybridized carbons (Fsp3) is 0.300. The lowest BCUT2D eigenvalue weighted by Gasteiger charge is -2.20. The Balaban J connectivity index is 2.00. The molecule has 0 aliphatic heterocycles. The molecule has 0 spiro atoms. The number of nitrogens with one attached hydrogen (secondary N) is 1. The van der Waals surface area contributed by atoms with E-state index < -0.39 is 12.0 Å². The zero-order valence-electron chi connectivity index (χ0n) is 15.0. The van der Waals surface area contributed by atoms with Crippen LogP contribution in [0.1, 0.15) is 43.6 Å². The molecule has 0 bridgehead atoms. The molecule has 5 heteroatoms. The summed E-state index contributed by atoms with van der Waals surface area (Å²) in [5, 5.41) is 2.72. The minimum atomic E-state index is -0.683. The molecule has 132 valence electrons. The molecule has 1 atom stereocenters. The van der Waals surface area contributed by atoms with Gasteiger partial charge in [-0.25, -0.2) is 0 Å². The van der Waals surface area contributed by atoms with E-state index in [0.717, 1.165) is 0 Å². The highest BCUT2D eigenvalue weighted by Gasteiger charge is 2.17. The molecule has 0 aromatic heterocycles. The highest BCUT2D eigenvalue weighted by atomic mass is 16.5. The number of anilines is 1. The lowest BCUT2D eigenvalue weighted by atomic mass is 9.87. The Bertz CT molecular complexity index is 761. The lowest BCUT2D eigenvalue weighted by Crippen LogP contribution is -2.30. The third-order valence-electron chi connectivity index (χ3n) is 3.82. The van der Waals surface area contributed by atoms with E-state index in [1.54, 1.807) is 25.1 Å². The number of hydrogen-bond acceptors (Lipinski definition) is 3. The molecule has 0 unspecified atom stereocenters. The van der Waals surface area contributed by atoms with Gasteiger partial charge < -0.3 is 15.8 Å². The Morgan fingerprint density at radius 3 is 2.28 bits per heavy atom. The minimum Gasteiger partial charge on any atom is -0.481 e. The van der Waals surface area contributed by atoms with Crippen LogP contribution in [-0.4, -0.2) is 17.9 Å². The maximum absolute atomic E-state index is 12.3. The average Bonchev–Trinajstić information content (AvgIpc) is 2.54. The molecule has 0 heterocycles. The molecular formula is C20H24N2O3. The second-order valence-corrected chi connectivity index (χ2v) is 6.97. The van der Waals surface area contributed by atoms with E-state index in [9.17, 15) is 9.59 Å². The van der Waals surface area contributed by atoms with Gasteiger partial charge in [-0.1, -0.05) is 39.0 Å². The average molecular weight is 340 g/mol. The van der Waals surface area contributed by atoms with Gasteiger partial charge in [0.05, 0.1) is 0 Å². The van der Waals surface area contributed by atoms with E-state index in [4.69, 9.17) is 10.5 Å². The molecule has 5 nitrogen and oxygen atoms in total. The highest BCUT2D eigenvalue weighted by Crippen LogP contribution is 2.24. The first-order valence-electron chi connectivity index (χ1n) is 8.15. The third kappa shape index (κ3) is 5.08. The monoisotopic (exact) mass is 340 g/mol. The van der Waals surface area contributed by atoms with Crippen molar-refractivity contribution in [3.63, 3.8) is 0 Å². The first kappa shape index (κ1) is 18.5. The van der Waals surface area contributed by atoms with Crippen molar-refractivity contribution in [3.8, 4) is 5.75 Å². The van der Waals surface area contributed by atoms with Crippen molar-refractivity contribution < 1.29 is 14.3 Å². The molecule has 2 rings (SSSR count). The maximum Gasteiger partial charge on any atom is 0.265 e. The Kier molecular flexibility index (Phi) is 5.47. The predicted octanol–water partition coefficient (Wildman–Crippen LogP) is 3.49. The first-order valence-corrected chi connectivity index (χ1v) is 8.15. The fourth-order valence-corrected chi connectivity index (χ4v) is 2.29. The first-order chi connectivity index (χ1) is 11.7. The summed E-state index contributed by atoms with van der Waals surface area (Å²) in [4.78, 5) is 23.5. The van der Waals surface area contributed by atoms with Gasteiger partial charge in [-0.05, 0) is 48.2 Å². The van der Waals surface area contributed by atoms with Gasteiger partial charge in [0.1, 0.15) is 5.75 Å². The van der Waals surface area contributed by atoms with Crippen molar-refractivity contribution in [2.45, 2.75) is 39.2 Å². The largest absolute Gasteiger partial charge is 0.481 e. The third-order valence-corrected chi connectivity index (χ3v) is 3.82. The smallest absolute Gasteiger partial charge is 0.265 e. The van der Waals surface area contributed by atoms with Crippen LogP contribution in [0.3, 0.4) is 0 Å². The van der Waals surface area contributed by atoms with Gasteiger partial charge in [-0.15, -0.1) is 0 Å². The molecule has 0 aliphatic carbocycles. The summed E-state index contributed by atoms with van der Waals surface area (Å²) in [7, 11) is 0. The molecule has 2 aromatic carbocycles. The summed E-state index contributed by atoms with van der Waals surface area (Å²) in [6.45, 7) is 8.09. The molecule has 0 saturated carbocycles. The van der Waals surface area contributed by atoms with E-state index in [1.165, 1.54) is 11.6 Å². The van der Waals surface area contributed by atoms with Crippen LogP contribution >= 0.6 is 0 Å². The molecular weight excluding hydrogens is 316 g/mol. The van der Waals surface area contributed by atoms with Gasteiger partial charge in [0.25, 0.3) is 5.91 Å². The number of nitrogens with two attached hydrogens (primary N) is 1. The topological polar surface area (TPSA) is 81.4 Å². The van der Waals surface area contributed by atoms with E-state index in [-0.39, 0.29) is 11.3 Å². The van der Waals surface area contributed by atoms with Gasteiger partial charge in [0.15, 0.2) is 6.10 Å². The Morgan fingerprint density at radius 1 is 1.08 bits per heavy atom. The zero-order chi connectivity index (χ0) is 18.6. The van der Waals surface area contributed by atoms with Crippen LogP contribution in [0.15, 0.2) is 48.5 Å². The number of rotatable bonds is 5. The summed E-state index contributed by atoms with van der Waals surface area (Å²) in [6, 6.07) is 14.2. The second kappa shape index (κ2) is 7.38. The van der Waals surface area contributed by atoms with E-state index in [1.807, 2.05) is 24.3 Å². The van der Waals surface area contributed by atoms with E-state index >= 15 is 0 Å². The van der Waals surface area contributed by atoms with Crippen LogP contribution in [0.2, 0.25) is 0 Å². The van der Waals surface area contributed by atoms with Crippen LogP contribution in [0.25, 0.3) is 0 Å². The molecule has 0 fully saturated rings. The number of benzene rings is 2. The fourth-order valence-electron chi connectivity index (χ4n) is 2.29. The van der Waals surface area contributed by atoms with Crippen molar-refractivity contribution >= 4 is 17.5 Å². The van der Waals surface area contributed by atoms with Crippen molar-refractivity contribution in [3.05, 3.63) is 59.7 Å². The second-order valence-electron chi connectivity index (χ2n) is 6.97. The van der Waals surface area contributed by atoms with Gasteiger partial charge in [-0.2, -0.15) is 0 Å².